The smallest absolute Gasteiger partial charge is 0.423 e. The van der Waals surface area contributed by atoms with Crippen molar-refractivity contribution in [3.8, 4) is 0 Å². The largest absolute Gasteiger partial charge is 0.481 e. The van der Waals surface area contributed by atoms with Crippen LogP contribution in [0.2, 0.25) is 0 Å². The number of esters is 4. The van der Waals surface area contributed by atoms with Crippen LogP contribution < -0.4 is 0 Å². The monoisotopic (exact) mass is 2050 g/mol. The molecule has 146 heavy (non-hydrogen) atoms. The van der Waals surface area contributed by atoms with Crippen LogP contribution in [0.5, 0.6) is 0 Å². The lowest BCUT2D eigenvalue weighted by Crippen LogP contribution is -2.60. The number of carbonyl (C=O) groups is 11. The van der Waals surface area contributed by atoms with E-state index in [1.807, 2.05) is 27.7 Å². The van der Waals surface area contributed by atoms with E-state index in [4.69, 9.17) is 23.7 Å². The molecule has 0 aromatic carbocycles. The minimum atomic E-state index is -0.955. The van der Waals surface area contributed by atoms with Crippen LogP contribution in [0.1, 0.15) is 485 Å². The van der Waals surface area contributed by atoms with Gasteiger partial charge < -0.3 is 33.9 Å². The number of rotatable bonds is 28. The fourth-order valence-corrected chi connectivity index (χ4v) is 37.0. The molecular formula is C126H216N2O18. The Morgan fingerprint density at radius 1 is 0.404 bits per heavy atom. The molecule has 0 radical (unpaired) electrons. The maximum absolute atomic E-state index is 12.9. The van der Waals surface area contributed by atoms with Crippen LogP contribution in [-0.2, 0) is 71.6 Å². The third-order valence-corrected chi connectivity index (χ3v) is 46.2. The van der Waals surface area contributed by atoms with Crippen molar-refractivity contribution in [3.05, 3.63) is 0 Å². The van der Waals surface area contributed by atoms with Gasteiger partial charge in [-0.1, -0.05) is 194 Å². The van der Waals surface area contributed by atoms with Gasteiger partial charge in [0, 0.05) is 42.1 Å². The third kappa shape index (κ3) is 24.1. The Hall–Kier alpha value is -5.43. The van der Waals surface area contributed by atoms with Gasteiger partial charge >= 0.3 is 41.9 Å². The zero-order valence-corrected chi connectivity index (χ0v) is 91.2. The summed E-state index contributed by atoms with van der Waals surface area (Å²) < 4.78 is 29.9. The Kier molecular flexibility index (Phi) is 41.7. The van der Waals surface area contributed by atoms with Gasteiger partial charge in [0.15, 0.2) is 0 Å². The molecule has 12 bridgehead atoms. The predicted molar refractivity (Wildman–Crippen MR) is 583 cm³/mol. The number of carbonyl (C=O) groups excluding carboxylic acids is 9. The summed E-state index contributed by atoms with van der Waals surface area (Å²) in [6.45, 7) is 45.0. The van der Waals surface area contributed by atoms with Gasteiger partial charge in [-0.25, -0.2) is 4.79 Å². The Labute approximate surface area is 888 Å². The van der Waals surface area contributed by atoms with Gasteiger partial charge in [-0.3, -0.25) is 52.8 Å². The van der Waals surface area contributed by atoms with Crippen molar-refractivity contribution >= 4 is 65.5 Å². The lowest BCUT2D eigenvalue weighted by atomic mass is 9.44. The minimum Gasteiger partial charge on any atom is -0.481 e. The van der Waals surface area contributed by atoms with E-state index in [0.717, 1.165) is 164 Å². The molecule has 2 saturated heterocycles. The van der Waals surface area contributed by atoms with Crippen molar-refractivity contribution in [2.45, 2.75) is 509 Å². The highest BCUT2D eigenvalue weighted by atomic mass is 16.6. The summed E-state index contributed by atoms with van der Waals surface area (Å²) in [4.78, 5) is 137. The number of carboxylic acid groups (broad SMARTS) is 2. The van der Waals surface area contributed by atoms with Crippen molar-refractivity contribution in [3.63, 3.8) is 0 Å². The number of amides is 5. The van der Waals surface area contributed by atoms with E-state index in [-0.39, 0.29) is 151 Å². The van der Waals surface area contributed by atoms with Crippen LogP contribution in [0.4, 0.5) is 4.79 Å². The first-order valence-electron chi connectivity index (χ1n) is 58.3. The molecule has 0 aromatic heterocycles. The van der Waals surface area contributed by atoms with Crippen molar-refractivity contribution < 1.29 is 86.6 Å². The standard InChI is InChI=1S/C34H55NO4.C30H48O6.C20H29NO4.2C18H30O2.6CH4/c1-7-8-9-10-11-21(2)27-14-15-28-26-13-12-24-20-25(16-18-33(24,5)29(26)17-19-34(27,28)6)39-32(38)35-30(36)22(3)23(4)31(35)37;1-17(6-11-26(31)32)23-9-10-24-22-8-7-20-16-21(36-28(35)19(3)18(2)27(33)34)12-14-29(20,4)25(22)13-15-30(23,24)5;1-12-13(2)19(24)21(18(12)23)4-3-17(22)25-11-20-8-14-5-15(9-20)7-16(6-14)10-20;2*1-5-17(3,4)16(19)20-18(6-2)14-8-12-7-13(10-14)11-15(18)9-12;;;;;;/h21-29H,7-20H2,1-6H3;17-25H,6-16H2,1-5H3,(H,31,32)(H,33,34);12-16H,3-11H2,1-2H3;2*12-15H,5-11H2,1-4H3;6*1H4/t;17?,18?,19?,20?,21-,22?,23?,24?,25?,29?,30?;;;;;;;;;/m.1........./s1. The van der Waals surface area contributed by atoms with Crippen LogP contribution >= 0.6 is 0 Å². The molecule has 22 aliphatic rings. The molecule has 20 saturated carbocycles. The molecule has 24 atom stereocenters. The SMILES string of the molecule is C.C.C.C.C.C.CC(CCC(=O)O)C1CCC2C3CCC4C[C@H](OC(=O)C(C)C(C)C(=O)O)CCC4(C)C3CCC12C.CC1C(=O)N(CCC(=O)OCC23CC4CC(CC(C4)C2)C3)C(=O)C1C.CCC(C)(C)C(=O)OC1(CC)C2CC3CC(C2)CC1C3.CCC(C)(C)C(=O)OC1(CC)C2CC3CC(C2)CC1C3.CCCCCCC(C)C1CCC2C3CCC4CC(OC(=O)N5C(=O)C(C)C(C)C5=O)CCC4(C)C3CCC12C. The van der Waals surface area contributed by atoms with Gasteiger partial charge in [0.1, 0.15) is 23.4 Å². The number of unbranched alkanes of at least 4 members (excludes halogenated alkanes) is 3. The quantitative estimate of drug-likeness (QED) is 0.0319. The number of likely N-dealkylation sites (tertiary alicyclic amines) is 2. The summed E-state index contributed by atoms with van der Waals surface area (Å²) in [5.41, 5.74) is 0.754. The molecule has 2 aliphatic heterocycles. The predicted octanol–water partition coefficient (Wildman–Crippen LogP) is 30.5. The highest BCUT2D eigenvalue weighted by molar-refractivity contribution is 6.15. The maximum Gasteiger partial charge on any atom is 0.423 e. The molecule has 838 valence electrons. The molecule has 5 amide bonds. The third-order valence-electron chi connectivity index (χ3n) is 46.2. The van der Waals surface area contributed by atoms with Crippen molar-refractivity contribution in [2.75, 3.05) is 13.2 Å². The van der Waals surface area contributed by atoms with Gasteiger partial charge in [0.25, 0.3) is 0 Å². The van der Waals surface area contributed by atoms with Crippen LogP contribution in [0.15, 0.2) is 0 Å². The fourth-order valence-electron chi connectivity index (χ4n) is 37.0. The first kappa shape index (κ1) is 124. The second-order valence-electron chi connectivity index (χ2n) is 54.3. The highest BCUT2D eigenvalue weighted by Crippen LogP contribution is 2.72. The van der Waals surface area contributed by atoms with Crippen molar-refractivity contribution in [2.24, 2.45) is 210 Å². The number of hydrogen-bond donors (Lipinski definition) is 2. The molecule has 20 nitrogen and oxygen atoms in total. The molecule has 2 N–H and O–H groups in total. The van der Waals surface area contributed by atoms with E-state index in [1.165, 1.54) is 217 Å². The van der Waals surface area contributed by atoms with Gasteiger partial charge in [-0.15, -0.1) is 0 Å². The molecule has 0 spiro atoms. The zero-order valence-electron chi connectivity index (χ0n) is 91.2. The van der Waals surface area contributed by atoms with Crippen LogP contribution in [0.25, 0.3) is 0 Å². The van der Waals surface area contributed by atoms with Gasteiger partial charge in [0.2, 0.25) is 23.6 Å². The van der Waals surface area contributed by atoms with E-state index < -0.39 is 53.5 Å². The topological polar surface area (TPSA) is 281 Å². The van der Waals surface area contributed by atoms with Crippen LogP contribution in [0.3, 0.4) is 0 Å². The number of ether oxygens (including phenoxy) is 5. The maximum atomic E-state index is 12.9. The number of hydrogen-bond acceptors (Lipinski definition) is 16. The first-order chi connectivity index (χ1) is 66.1. The van der Waals surface area contributed by atoms with E-state index in [0.29, 0.717) is 75.6 Å². The fraction of sp³-hybridized carbons (Fsp3) is 0.913. The zero-order chi connectivity index (χ0) is 101. The molecule has 22 rings (SSSR count). The Bertz CT molecular complexity index is 4220. The second kappa shape index (κ2) is 49.1. The summed E-state index contributed by atoms with van der Waals surface area (Å²) in [6, 6.07) is 0. The summed E-state index contributed by atoms with van der Waals surface area (Å²) in [5, 5.41) is 18.4. The molecular weight excluding hydrogens is 1830 g/mol. The van der Waals surface area contributed by atoms with E-state index in [1.54, 1.807) is 41.5 Å². The minimum absolute atomic E-state index is 0. The van der Waals surface area contributed by atoms with E-state index in [2.05, 4.69) is 76.2 Å². The normalized spacial score (nSPS) is 41.3. The molecule has 23 unspecified atom stereocenters. The molecule has 20 heteroatoms. The Balaban J connectivity index is 0.000000206. The highest BCUT2D eigenvalue weighted by Gasteiger charge is 2.67. The lowest BCUT2D eigenvalue weighted by molar-refractivity contribution is -0.218. The van der Waals surface area contributed by atoms with Gasteiger partial charge in [-0.05, 0) is 436 Å². The summed E-state index contributed by atoms with van der Waals surface area (Å²) in [6.07, 6.45) is 53.3. The van der Waals surface area contributed by atoms with Crippen LogP contribution in [-0.4, -0.2) is 122 Å². The molecule has 22 fully saturated rings. The van der Waals surface area contributed by atoms with E-state index in [9.17, 15) is 63.0 Å². The second-order valence-corrected chi connectivity index (χ2v) is 54.3. The van der Waals surface area contributed by atoms with Crippen molar-refractivity contribution in [1.29, 1.82) is 0 Å². The Morgan fingerprint density at radius 2 is 0.774 bits per heavy atom. The summed E-state index contributed by atoms with van der Waals surface area (Å²) in [7, 11) is 0. The number of fused-ring (bicyclic) bond motifs is 10. The average molecular weight is 2050 g/mol. The molecule has 2 heterocycles. The number of nitrogens with zero attached hydrogens (tertiary/aromatic N) is 2. The van der Waals surface area contributed by atoms with E-state index >= 15 is 0 Å². The number of carboxylic acids is 2. The number of imide groups is 4. The summed E-state index contributed by atoms with van der Waals surface area (Å²) in [5.74, 6) is 11.3. The Morgan fingerprint density at radius 3 is 1.15 bits per heavy atom. The van der Waals surface area contributed by atoms with Gasteiger partial charge in [0.05, 0.1) is 35.7 Å². The average Bonchev–Trinajstić information content (AvgIpc) is 1.67. The molecule has 0 aromatic rings. The first-order valence-corrected chi connectivity index (χ1v) is 58.3. The lowest BCUT2D eigenvalue weighted by Gasteiger charge is -2.61. The van der Waals surface area contributed by atoms with Crippen LogP contribution in [0, 0.1) is 210 Å². The number of aliphatic carboxylic acids is 2. The van der Waals surface area contributed by atoms with Crippen molar-refractivity contribution in [1.82, 2.24) is 9.80 Å². The summed E-state index contributed by atoms with van der Waals surface area (Å²) >= 11 is 0. The van der Waals surface area contributed by atoms with Gasteiger partial charge in [-0.2, -0.15) is 4.90 Å². The molecule has 20 aliphatic carbocycles.